The molecule has 0 spiro atoms. The van der Waals surface area contributed by atoms with Crippen LogP contribution in [0.5, 0.6) is 17.2 Å². The van der Waals surface area contributed by atoms with Crippen LogP contribution < -0.4 is 4.74 Å². The van der Waals surface area contributed by atoms with Crippen molar-refractivity contribution >= 4 is 37.8 Å². The largest absolute Gasteiger partial charge is 0.504 e. The lowest BCUT2D eigenvalue weighted by molar-refractivity contribution is 0.0686. The van der Waals surface area contributed by atoms with Crippen molar-refractivity contribution < 1.29 is 24.9 Å². The van der Waals surface area contributed by atoms with Crippen molar-refractivity contribution in [1.82, 2.24) is 9.97 Å². The van der Waals surface area contributed by atoms with E-state index in [-0.39, 0.29) is 17.2 Å². The van der Waals surface area contributed by atoms with E-state index in [1.807, 2.05) is 13.8 Å². The Morgan fingerprint density at radius 1 is 1.28 bits per heavy atom. The predicted octanol–water partition coefficient (Wildman–Crippen LogP) is 3.70. The van der Waals surface area contributed by atoms with Gasteiger partial charge in [-0.2, -0.15) is 5.26 Å². The van der Waals surface area contributed by atoms with E-state index in [9.17, 15) is 9.90 Å². The van der Waals surface area contributed by atoms with Crippen molar-refractivity contribution in [2.75, 3.05) is 7.11 Å². The standard InChI is InChI=1S/C7H7NO4.C6H2Br2N2O.C2H6/c1-12-4-2-3-8-5(6(4)9)7(10)11;7-3-1-5(8)10-4(2-9)6(3)11;1-2/h2-3,9H,1H3,(H,10,11);1,11H;1-2H3. The Labute approximate surface area is 161 Å². The summed E-state index contributed by atoms with van der Waals surface area (Å²) in [6.07, 6.45) is 1.25. The Kier molecular flexibility index (Phi) is 10.2. The number of ether oxygens (including phenoxy) is 1. The summed E-state index contributed by atoms with van der Waals surface area (Å²) in [6, 6.07) is 4.70. The molecule has 134 valence electrons. The number of pyridine rings is 2. The zero-order chi connectivity index (χ0) is 19.6. The molecule has 0 unspecified atom stereocenters. The van der Waals surface area contributed by atoms with E-state index in [1.54, 1.807) is 12.1 Å². The number of rotatable bonds is 2. The van der Waals surface area contributed by atoms with Gasteiger partial charge in [-0.3, -0.25) is 0 Å². The third-order valence-electron chi connectivity index (χ3n) is 2.33. The lowest BCUT2D eigenvalue weighted by Crippen LogP contribution is -2.01. The zero-order valence-electron chi connectivity index (χ0n) is 13.5. The lowest BCUT2D eigenvalue weighted by Gasteiger charge is -2.03. The number of carboxylic acid groups (broad SMARTS) is 1. The monoisotopic (exact) mass is 475 g/mol. The summed E-state index contributed by atoms with van der Waals surface area (Å²) in [7, 11) is 1.33. The van der Waals surface area contributed by atoms with Crippen LogP contribution in [0, 0.1) is 11.3 Å². The highest BCUT2D eigenvalue weighted by Crippen LogP contribution is 2.28. The van der Waals surface area contributed by atoms with E-state index in [2.05, 4.69) is 46.6 Å². The SMILES string of the molecule is CC.COc1ccnc(C(=O)O)c1O.N#Cc1nc(Br)cc(Br)c1O. The zero-order valence-corrected chi connectivity index (χ0v) is 16.7. The predicted molar refractivity (Wildman–Crippen MR) is 96.8 cm³/mol. The molecule has 0 radical (unpaired) electrons. The summed E-state index contributed by atoms with van der Waals surface area (Å²) < 4.78 is 5.65. The number of carboxylic acids is 1. The molecule has 0 atom stereocenters. The summed E-state index contributed by atoms with van der Waals surface area (Å²) in [4.78, 5) is 17.6. The van der Waals surface area contributed by atoms with E-state index in [0.29, 0.717) is 9.08 Å². The minimum absolute atomic E-state index is 0.00579. The molecular weight excluding hydrogens is 462 g/mol. The molecule has 0 amide bonds. The van der Waals surface area contributed by atoms with E-state index in [1.165, 1.54) is 19.4 Å². The molecule has 0 aromatic carbocycles. The molecular formula is C15H15Br2N3O5. The second-order valence-corrected chi connectivity index (χ2v) is 5.42. The number of hydrogen-bond donors (Lipinski definition) is 3. The van der Waals surface area contributed by atoms with Gasteiger partial charge in [0.1, 0.15) is 10.7 Å². The van der Waals surface area contributed by atoms with Crippen LogP contribution in [0.1, 0.15) is 30.0 Å². The number of hydrogen-bond acceptors (Lipinski definition) is 7. The maximum Gasteiger partial charge on any atom is 0.358 e. The number of nitriles is 1. The fraction of sp³-hybridized carbons (Fsp3) is 0.200. The number of aromatic carboxylic acids is 1. The maximum atomic E-state index is 10.4. The molecule has 25 heavy (non-hydrogen) atoms. The number of halogens is 2. The highest BCUT2D eigenvalue weighted by Gasteiger charge is 2.14. The van der Waals surface area contributed by atoms with Crippen LogP contribution in [0.15, 0.2) is 27.4 Å². The second-order valence-electron chi connectivity index (χ2n) is 3.75. The molecule has 2 aromatic heterocycles. The number of methoxy groups -OCH3 is 1. The maximum absolute atomic E-state index is 10.4. The Balaban J connectivity index is 0.000000421. The van der Waals surface area contributed by atoms with Gasteiger partial charge < -0.3 is 20.1 Å². The smallest absolute Gasteiger partial charge is 0.358 e. The highest BCUT2D eigenvalue weighted by molar-refractivity contribution is 9.11. The number of aromatic hydroxyl groups is 2. The van der Waals surface area contributed by atoms with Gasteiger partial charge in [-0.15, -0.1) is 0 Å². The first-order chi connectivity index (χ1) is 11.8. The van der Waals surface area contributed by atoms with E-state index < -0.39 is 17.4 Å². The molecule has 2 aromatic rings. The molecule has 0 aliphatic rings. The average Bonchev–Trinajstić information content (AvgIpc) is 2.60. The molecule has 2 rings (SSSR count). The second kappa shape index (κ2) is 11.2. The summed E-state index contributed by atoms with van der Waals surface area (Å²) in [5.74, 6) is -1.77. The van der Waals surface area contributed by atoms with Gasteiger partial charge in [0.15, 0.2) is 28.6 Å². The van der Waals surface area contributed by atoms with Crippen LogP contribution in [-0.2, 0) is 0 Å². The Hall–Kier alpha value is -2.38. The quantitative estimate of drug-likeness (QED) is 0.558. The molecule has 0 fully saturated rings. The van der Waals surface area contributed by atoms with Crippen molar-refractivity contribution in [3.8, 4) is 23.3 Å². The van der Waals surface area contributed by atoms with E-state index >= 15 is 0 Å². The van der Waals surface area contributed by atoms with Crippen LogP contribution in [-0.4, -0.2) is 38.4 Å². The summed E-state index contributed by atoms with van der Waals surface area (Å²) >= 11 is 6.15. The topological polar surface area (TPSA) is 137 Å². The molecule has 0 saturated heterocycles. The molecule has 10 heteroatoms. The molecule has 0 saturated carbocycles. The fourth-order valence-electron chi connectivity index (χ4n) is 1.31. The third kappa shape index (κ3) is 6.56. The van der Waals surface area contributed by atoms with Crippen LogP contribution >= 0.6 is 31.9 Å². The number of carbonyl (C=O) groups is 1. The van der Waals surface area contributed by atoms with Crippen molar-refractivity contribution in [2.24, 2.45) is 0 Å². The van der Waals surface area contributed by atoms with Crippen molar-refractivity contribution in [3.05, 3.63) is 38.8 Å². The van der Waals surface area contributed by atoms with E-state index in [0.717, 1.165) is 0 Å². The third-order valence-corrected chi connectivity index (χ3v) is 3.34. The van der Waals surface area contributed by atoms with Gasteiger partial charge >= 0.3 is 5.97 Å². The Morgan fingerprint density at radius 3 is 2.36 bits per heavy atom. The fourth-order valence-corrected chi connectivity index (χ4v) is 2.43. The molecule has 8 nitrogen and oxygen atoms in total. The van der Waals surface area contributed by atoms with Gasteiger partial charge in [0, 0.05) is 12.3 Å². The van der Waals surface area contributed by atoms with Crippen molar-refractivity contribution in [3.63, 3.8) is 0 Å². The lowest BCUT2D eigenvalue weighted by atomic mass is 10.3. The molecule has 0 bridgehead atoms. The summed E-state index contributed by atoms with van der Waals surface area (Å²) in [5, 5.41) is 35.3. The van der Waals surface area contributed by atoms with Gasteiger partial charge in [0.05, 0.1) is 11.6 Å². The first-order valence-corrected chi connectivity index (χ1v) is 8.30. The highest BCUT2D eigenvalue weighted by atomic mass is 79.9. The minimum Gasteiger partial charge on any atom is -0.504 e. The summed E-state index contributed by atoms with van der Waals surface area (Å²) in [6.45, 7) is 4.00. The number of nitrogens with zero attached hydrogens (tertiary/aromatic N) is 3. The van der Waals surface area contributed by atoms with E-state index in [4.69, 9.17) is 15.5 Å². The molecule has 0 aliphatic carbocycles. The number of aromatic nitrogens is 2. The van der Waals surface area contributed by atoms with Crippen LogP contribution in [0.25, 0.3) is 0 Å². The van der Waals surface area contributed by atoms with Gasteiger partial charge in [-0.1, -0.05) is 13.8 Å². The van der Waals surface area contributed by atoms with Crippen molar-refractivity contribution in [2.45, 2.75) is 13.8 Å². The van der Waals surface area contributed by atoms with Crippen LogP contribution in [0.4, 0.5) is 0 Å². The van der Waals surface area contributed by atoms with Gasteiger partial charge in [-0.25, -0.2) is 14.8 Å². The van der Waals surface area contributed by atoms with Crippen LogP contribution in [0.2, 0.25) is 0 Å². The summed E-state index contributed by atoms with van der Waals surface area (Å²) in [5.41, 5.74) is -0.402. The Morgan fingerprint density at radius 2 is 1.88 bits per heavy atom. The van der Waals surface area contributed by atoms with Crippen LogP contribution in [0.3, 0.4) is 0 Å². The first kappa shape index (κ1) is 22.6. The first-order valence-electron chi connectivity index (χ1n) is 6.72. The van der Waals surface area contributed by atoms with Crippen molar-refractivity contribution in [1.29, 1.82) is 5.26 Å². The average molecular weight is 477 g/mol. The Bertz CT molecular complexity index is 778. The molecule has 2 heterocycles. The molecule has 3 N–H and O–H groups in total. The minimum atomic E-state index is -1.29. The van der Waals surface area contributed by atoms with Gasteiger partial charge in [0.2, 0.25) is 0 Å². The van der Waals surface area contributed by atoms with Gasteiger partial charge in [-0.05, 0) is 37.9 Å². The molecule has 0 aliphatic heterocycles. The normalized spacial score (nSPS) is 8.80. The van der Waals surface area contributed by atoms with Gasteiger partial charge in [0.25, 0.3) is 0 Å².